The quantitative estimate of drug-likeness (QED) is 0.824. The maximum Gasteiger partial charge on any atom is 0.0455 e. The molecule has 0 spiro atoms. The molecule has 0 aromatic heterocycles. The number of nitrogens with zero attached hydrogens (tertiary/aromatic N) is 1. The molecule has 2 fully saturated rings. The van der Waals surface area contributed by atoms with Gasteiger partial charge in [0.15, 0.2) is 0 Å². The molecular formula is C14H28N2S. The van der Waals surface area contributed by atoms with Crippen LogP contribution in [0.15, 0.2) is 0 Å². The molecule has 2 saturated heterocycles. The minimum absolute atomic E-state index is 0.297. The second-order valence-corrected chi connectivity index (χ2v) is 8.02. The average molecular weight is 256 g/mol. The van der Waals surface area contributed by atoms with Crippen molar-refractivity contribution in [2.24, 2.45) is 11.1 Å². The summed E-state index contributed by atoms with van der Waals surface area (Å²) in [6, 6.07) is 0. The lowest BCUT2D eigenvalue weighted by Crippen LogP contribution is -2.57. The van der Waals surface area contributed by atoms with Crippen LogP contribution in [0.5, 0.6) is 0 Å². The van der Waals surface area contributed by atoms with Gasteiger partial charge >= 0.3 is 0 Å². The van der Waals surface area contributed by atoms with Crippen LogP contribution in [0, 0.1) is 5.41 Å². The molecule has 17 heavy (non-hydrogen) atoms. The van der Waals surface area contributed by atoms with Crippen molar-refractivity contribution in [1.29, 1.82) is 0 Å². The van der Waals surface area contributed by atoms with Gasteiger partial charge in [-0.2, -0.15) is 11.8 Å². The van der Waals surface area contributed by atoms with Crippen LogP contribution in [0.4, 0.5) is 0 Å². The Hall–Kier alpha value is 0.270. The number of likely N-dealkylation sites (tertiary alicyclic amines) is 1. The number of rotatable bonds is 2. The van der Waals surface area contributed by atoms with Gasteiger partial charge in [0.2, 0.25) is 0 Å². The summed E-state index contributed by atoms with van der Waals surface area (Å²) in [6.07, 6.45) is 5.32. The summed E-state index contributed by atoms with van der Waals surface area (Å²) in [4.78, 5) is 2.73. The maximum atomic E-state index is 6.15. The first-order valence-electron chi connectivity index (χ1n) is 7.07. The van der Waals surface area contributed by atoms with Gasteiger partial charge in [-0.25, -0.2) is 0 Å². The van der Waals surface area contributed by atoms with Gasteiger partial charge in [-0.3, -0.25) is 4.90 Å². The largest absolute Gasteiger partial charge is 0.329 e. The third-order valence-electron chi connectivity index (χ3n) is 4.98. The highest BCUT2D eigenvalue weighted by atomic mass is 32.2. The van der Waals surface area contributed by atoms with Crippen molar-refractivity contribution < 1.29 is 0 Å². The topological polar surface area (TPSA) is 29.3 Å². The first kappa shape index (κ1) is 13.7. The molecule has 2 heterocycles. The van der Waals surface area contributed by atoms with Gasteiger partial charge in [0, 0.05) is 17.3 Å². The van der Waals surface area contributed by atoms with Crippen molar-refractivity contribution in [3.8, 4) is 0 Å². The van der Waals surface area contributed by atoms with E-state index in [9.17, 15) is 0 Å². The molecule has 100 valence electrons. The maximum absolute atomic E-state index is 6.15. The monoisotopic (exact) mass is 256 g/mol. The molecule has 0 bridgehead atoms. The van der Waals surface area contributed by atoms with E-state index in [-0.39, 0.29) is 0 Å². The fourth-order valence-electron chi connectivity index (χ4n) is 3.45. The Morgan fingerprint density at radius 1 is 1.24 bits per heavy atom. The normalized spacial score (nSPS) is 39.2. The van der Waals surface area contributed by atoms with E-state index in [0.717, 1.165) is 6.54 Å². The van der Waals surface area contributed by atoms with Crippen molar-refractivity contribution in [2.75, 3.05) is 25.4 Å². The fourth-order valence-corrected chi connectivity index (χ4v) is 4.95. The lowest BCUT2D eigenvalue weighted by Gasteiger charge is -2.43. The van der Waals surface area contributed by atoms with Crippen LogP contribution < -0.4 is 5.73 Å². The van der Waals surface area contributed by atoms with Gasteiger partial charge < -0.3 is 5.73 Å². The molecule has 2 aliphatic heterocycles. The van der Waals surface area contributed by atoms with Gasteiger partial charge in [-0.05, 0) is 49.9 Å². The smallest absolute Gasteiger partial charge is 0.0455 e. The summed E-state index contributed by atoms with van der Waals surface area (Å²) in [5.74, 6) is 1.29. The molecule has 0 radical (unpaired) electrons. The predicted octanol–water partition coefficient (Wildman–Crippen LogP) is 2.72. The van der Waals surface area contributed by atoms with Crippen LogP contribution in [-0.2, 0) is 0 Å². The van der Waals surface area contributed by atoms with Crippen LogP contribution in [-0.4, -0.2) is 41.1 Å². The zero-order valence-electron chi connectivity index (χ0n) is 11.7. The van der Waals surface area contributed by atoms with Gasteiger partial charge in [0.1, 0.15) is 0 Å². The van der Waals surface area contributed by atoms with E-state index in [1.807, 2.05) is 0 Å². The van der Waals surface area contributed by atoms with Crippen LogP contribution in [0.1, 0.15) is 46.5 Å². The molecule has 2 atom stereocenters. The minimum atomic E-state index is 0.297. The first-order chi connectivity index (χ1) is 8.00. The molecule has 2 N–H and O–H groups in total. The molecule has 3 heteroatoms. The molecule has 2 nitrogen and oxygen atoms in total. The second-order valence-electron chi connectivity index (χ2n) is 6.58. The van der Waals surface area contributed by atoms with Crippen molar-refractivity contribution in [2.45, 2.75) is 57.2 Å². The molecule has 0 aromatic rings. The summed E-state index contributed by atoms with van der Waals surface area (Å²) in [5.41, 5.74) is 6.98. The van der Waals surface area contributed by atoms with Crippen LogP contribution in [0.3, 0.4) is 0 Å². The minimum Gasteiger partial charge on any atom is -0.329 e. The zero-order valence-corrected chi connectivity index (χ0v) is 12.5. The van der Waals surface area contributed by atoms with Gasteiger partial charge in [0.05, 0.1) is 0 Å². The van der Waals surface area contributed by atoms with E-state index in [0.29, 0.717) is 16.2 Å². The highest BCUT2D eigenvalue weighted by Crippen LogP contribution is 2.42. The molecule has 0 aromatic carbocycles. The molecule has 2 aliphatic rings. The SMILES string of the molecule is CC1SCCC1(CN)N1CCCC(C)(C)CC1. The lowest BCUT2D eigenvalue weighted by atomic mass is 9.85. The van der Waals surface area contributed by atoms with Gasteiger partial charge in [-0.15, -0.1) is 0 Å². The van der Waals surface area contributed by atoms with E-state index in [1.165, 1.54) is 44.5 Å². The van der Waals surface area contributed by atoms with Gasteiger partial charge in [-0.1, -0.05) is 20.8 Å². The van der Waals surface area contributed by atoms with E-state index in [2.05, 4.69) is 37.4 Å². The van der Waals surface area contributed by atoms with E-state index >= 15 is 0 Å². The molecule has 2 rings (SSSR count). The number of hydrogen-bond acceptors (Lipinski definition) is 3. The molecule has 0 saturated carbocycles. The molecular weight excluding hydrogens is 228 g/mol. The highest BCUT2D eigenvalue weighted by molar-refractivity contribution is 8.00. The fraction of sp³-hybridized carbons (Fsp3) is 1.00. The van der Waals surface area contributed by atoms with Crippen molar-refractivity contribution in [3.63, 3.8) is 0 Å². The Morgan fingerprint density at radius 3 is 2.59 bits per heavy atom. The summed E-state index contributed by atoms with van der Waals surface area (Å²) >= 11 is 2.11. The van der Waals surface area contributed by atoms with E-state index in [1.54, 1.807) is 0 Å². The summed E-state index contributed by atoms with van der Waals surface area (Å²) in [7, 11) is 0. The summed E-state index contributed by atoms with van der Waals surface area (Å²) in [5, 5.41) is 0.703. The Kier molecular flexibility index (Phi) is 4.11. The standard InChI is InChI=1S/C14H28N2S/c1-12-14(11-15,7-10-17-12)16-8-4-5-13(2,3)6-9-16/h12H,4-11,15H2,1-3H3. The predicted molar refractivity (Wildman–Crippen MR) is 77.5 cm³/mol. The Bertz CT molecular complexity index is 267. The highest BCUT2D eigenvalue weighted by Gasteiger charge is 2.45. The third-order valence-corrected chi connectivity index (χ3v) is 6.36. The number of thioether (sulfide) groups is 1. The Balaban J connectivity index is 2.10. The second kappa shape index (κ2) is 5.10. The average Bonchev–Trinajstić information content (AvgIpc) is 2.55. The van der Waals surface area contributed by atoms with E-state index < -0.39 is 0 Å². The van der Waals surface area contributed by atoms with Crippen LogP contribution in [0.25, 0.3) is 0 Å². The number of hydrogen-bond donors (Lipinski definition) is 1. The summed E-state index contributed by atoms with van der Waals surface area (Å²) < 4.78 is 0. The zero-order chi connectivity index (χ0) is 12.5. The lowest BCUT2D eigenvalue weighted by molar-refractivity contribution is 0.0977. The van der Waals surface area contributed by atoms with Crippen molar-refractivity contribution >= 4 is 11.8 Å². The number of nitrogens with two attached hydrogens (primary N) is 1. The third kappa shape index (κ3) is 2.66. The Labute approximate surface area is 111 Å². The van der Waals surface area contributed by atoms with Gasteiger partial charge in [0.25, 0.3) is 0 Å². The van der Waals surface area contributed by atoms with Crippen LogP contribution in [0.2, 0.25) is 0 Å². The van der Waals surface area contributed by atoms with Crippen molar-refractivity contribution in [1.82, 2.24) is 4.90 Å². The molecule has 2 unspecified atom stereocenters. The molecule has 0 aliphatic carbocycles. The van der Waals surface area contributed by atoms with E-state index in [4.69, 9.17) is 5.73 Å². The summed E-state index contributed by atoms with van der Waals surface area (Å²) in [6.45, 7) is 10.5. The van der Waals surface area contributed by atoms with Crippen molar-refractivity contribution in [3.05, 3.63) is 0 Å². The Morgan fingerprint density at radius 2 is 2.00 bits per heavy atom. The van der Waals surface area contributed by atoms with Crippen LogP contribution >= 0.6 is 11.8 Å². The first-order valence-corrected chi connectivity index (χ1v) is 8.12. The molecule has 0 amide bonds.